The maximum Gasteiger partial charge on any atom is 0.347 e. The predicted octanol–water partition coefficient (Wildman–Crippen LogP) is 9.14. The standard InChI is InChI=1S/C53H53N3O7S.H2S/c57-45(43-23-25-46(58)50-44(43)24-28-49(59)55-50)14-8-7-9-36-15-17-37(18-16-36)33-54-51(60)48-27-26-47(64-48)40-19-21-42(22-20-40)53(62,41-12-5-2-6-13-41)52(61)63-35-39-29-31-56(32-30-39)34-38-10-3-1-4-11-38;/h1-6,10-13,15-28,39,45,57-58,62H,7-9,14,29-35H2,(H,54,60)(H,55,59);1H2/t45-,53-;/m0./s1. The lowest BCUT2D eigenvalue weighted by molar-refractivity contribution is -0.164. The highest BCUT2D eigenvalue weighted by molar-refractivity contribution is 7.59. The van der Waals surface area contributed by atoms with Gasteiger partial charge in [-0.25, -0.2) is 4.79 Å². The predicted molar refractivity (Wildman–Crippen MR) is 261 cm³/mol. The van der Waals surface area contributed by atoms with E-state index in [-0.39, 0.29) is 43.2 Å². The fourth-order valence-electron chi connectivity index (χ4n) is 8.49. The number of aromatic hydroxyl groups is 1. The molecule has 1 fully saturated rings. The van der Waals surface area contributed by atoms with Gasteiger partial charge in [0.2, 0.25) is 11.2 Å². The first-order chi connectivity index (χ1) is 31.1. The van der Waals surface area contributed by atoms with Crippen molar-refractivity contribution in [2.45, 2.75) is 63.3 Å². The Bertz CT molecular complexity index is 2720. The number of piperidine rings is 1. The Morgan fingerprint density at radius 3 is 2.18 bits per heavy atom. The third-order valence-electron chi connectivity index (χ3n) is 12.2. The minimum Gasteiger partial charge on any atom is -0.506 e. The van der Waals surface area contributed by atoms with Crippen molar-refractivity contribution in [3.8, 4) is 16.2 Å². The largest absolute Gasteiger partial charge is 0.506 e. The van der Waals surface area contributed by atoms with Crippen molar-refractivity contribution in [3.63, 3.8) is 0 Å². The third-order valence-corrected chi connectivity index (χ3v) is 13.4. The number of hydrogen-bond acceptors (Lipinski definition) is 9. The number of amides is 1. The zero-order valence-corrected chi connectivity index (χ0v) is 37.9. The van der Waals surface area contributed by atoms with Crippen LogP contribution >= 0.6 is 24.8 Å². The van der Waals surface area contributed by atoms with E-state index in [1.807, 2.05) is 42.5 Å². The van der Waals surface area contributed by atoms with E-state index in [1.54, 1.807) is 54.6 Å². The molecule has 5 N–H and O–H groups in total. The second-order valence-corrected chi connectivity index (χ2v) is 17.8. The number of carbonyl (C=O) groups excluding carboxylic acids is 2. The van der Waals surface area contributed by atoms with Crippen molar-refractivity contribution in [2.75, 3.05) is 19.7 Å². The van der Waals surface area contributed by atoms with Crippen molar-refractivity contribution in [1.29, 1.82) is 0 Å². The van der Waals surface area contributed by atoms with Gasteiger partial charge in [0.25, 0.3) is 5.91 Å². The molecule has 3 heterocycles. The quantitative estimate of drug-likeness (QED) is 0.0449. The number of likely N-dealkylation sites (tertiary alicyclic amines) is 1. The number of esters is 1. The number of nitrogens with one attached hydrogen (secondary N) is 2. The molecule has 2 aromatic heterocycles. The Hall–Kier alpha value is -6.02. The van der Waals surface area contributed by atoms with E-state index in [4.69, 9.17) is 4.74 Å². The van der Waals surface area contributed by atoms with E-state index in [0.717, 1.165) is 73.3 Å². The summed E-state index contributed by atoms with van der Waals surface area (Å²) in [6, 6.07) is 44.6. The molecule has 5 aromatic carbocycles. The van der Waals surface area contributed by atoms with Gasteiger partial charge in [0.1, 0.15) is 5.75 Å². The minimum atomic E-state index is -1.99. The van der Waals surface area contributed by atoms with Crippen LogP contribution in [-0.4, -0.2) is 56.8 Å². The van der Waals surface area contributed by atoms with Crippen LogP contribution in [0.1, 0.15) is 81.3 Å². The number of phenolic OH excluding ortho intramolecular Hbond substituents is 1. The minimum absolute atomic E-state index is 0. The van der Waals surface area contributed by atoms with Crippen molar-refractivity contribution in [1.82, 2.24) is 15.2 Å². The van der Waals surface area contributed by atoms with E-state index in [1.165, 1.54) is 29.0 Å². The number of carbonyl (C=O) groups is 2. The highest BCUT2D eigenvalue weighted by atomic mass is 32.1. The molecule has 1 saturated heterocycles. The van der Waals surface area contributed by atoms with Gasteiger partial charge < -0.3 is 30.4 Å². The number of fused-ring (bicyclic) bond motifs is 1. The molecule has 8 rings (SSSR count). The van der Waals surface area contributed by atoms with Crippen LogP contribution in [0.4, 0.5) is 0 Å². The molecule has 7 aromatic rings. The Morgan fingerprint density at radius 2 is 1.46 bits per heavy atom. The molecule has 1 aliphatic heterocycles. The van der Waals surface area contributed by atoms with E-state index < -0.39 is 17.7 Å². The lowest BCUT2D eigenvalue weighted by Crippen LogP contribution is -2.40. The van der Waals surface area contributed by atoms with E-state index in [9.17, 15) is 29.7 Å². The van der Waals surface area contributed by atoms with Crippen molar-refractivity contribution in [2.24, 2.45) is 5.92 Å². The zero-order valence-electron chi connectivity index (χ0n) is 36.1. The van der Waals surface area contributed by atoms with Gasteiger partial charge in [-0.05, 0) is 114 Å². The molecule has 65 heavy (non-hydrogen) atoms. The summed E-state index contributed by atoms with van der Waals surface area (Å²) in [5, 5.41) is 36.9. The van der Waals surface area contributed by atoms with Crippen LogP contribution in [0, 0.1) is 5.92 Å². The van der Waals surface area contributed by atoms with Crippen LogP contribution in [0.3, 0.4) is 0 Å². The number of ether oxygens (including phenoxy) is 1. The Kier molecular flexibility index (Phi) is 15.7. The smallest absolute Gasteiger partial charge is 0.347 e. The summed E-state index contributed by atoms with van der Waals surface area (Å²) in [7, 11) is 0. The molecule has 10 nitrogen and oxygen atoms in total. The van der Waals surface area contributed by atoms with Gasteiger partial charge in [-0.15, -0.1) is 11.3 Å². The van der Waals surface area contributed by atoms with Gasteiger partial charge in [-0.3, -0.25) is 14.5 Å². The normalized spacial score (nSPS) is 14.6. The number of aliphatic hydroxyl groups excluding tert-OH is 1. The molecule has 0 saturated carbocycles. The number of pyridine rings is 1. The van der Waals surface area contributed by atoms with Crippen LogP contribution in [0.5, 0.6) is 5.75 Å². The maximum atomic E-state index is 13.8. The first kappa shape index (κ1) is 47.0. The van der Waals surface area contributed by atoms with Crippen LogP contribution in [0.15, 0.2) is 150 Å². The fourth-order valence-corrected chi connectivity index (χ4v) is 9.42. The number of nitrogens with zero attached hydrogens (tertiary/aromatic N) is 1. The number of benzene rings is 5. The van der Waals surface area contributed by atoms with Gasteiger partial charge >= 0.3 is 5.97 Å². The van der Waals surface area contributed by atoms with Crippen LogP contribution in [-0.2, 0) is 34.6 Å². The lowest BCUT2D eigenvalue weighted by Gasteiger charge is -2.33. The molecule has 2 atom stereocenters. The van der Waals surface area contributed by atoms with Gasteiger partial charge in [0.15, 0.2) is 0 Å². The van der Waals surface area contributed by atoms with E-state index in [2.05, 4.69) is 51.6 Å². The number of thiophene rings is 1. The molecule has 1 amide bonds. The molecule has 12 heteroatoms. The van der Waals surface area contributed by atoms with Crippen molar-refractivity contribution >= 4 is 47.6 Å². The van der Waals surface area contributed by atoms with Gasteiger partial charge in [0.05, 0.1) is 23.1 Å². The molecular weight excluding hydrogens is 855 g/mol. The number of aromatic nitrogens is 1. The summed E-state index contributed by atoms with van der Waals surface area (Å²) < 4.78 is 5.90. The van der Waals surface area contributed by atoms with Crippen molar-refractivity contribution in [3.05, 3.63) is 194 Å². The van der Waals surface area contributed by atoms with Crippen molar-refractivity contribution < 1.29 is 29.6 Å². The monoisotopic (exact) mass is 909 g/mol. The summed E-state index contributed by atoms with van der Waals surface area (Å²) in [4.78, 5) is 45.3. The SMILES string of the molecule is O=C(NCc1ccc(CCCC[C@H](O)c2ccc(O)c3[nH]c(=O)ccc23)cc1)c1ccc(-c2ccc([C@](O)(C(=O)OCC3CCN(Cc4ccccc4)CC3)c3ccccc3)cc2)s1.S. The Labute approximate surface area is 390 Å². The first-order valence-electron chi connectivity index (χ1n) is 21.9. The number of unbranched alkanes of at least 4 members (excludes halogenated alkanes) is 1. The number of H-pyrrole nitrogens is 1. The number of phenols is 1. The zero-order chi connectivity index (χ0) is 44.5. The Balaban J connectivity index is 0.00000630. The summed E-state index contributed by atoms with van der Waals surface area (Å²) in [5.41, 5.74) is 3.83. The summed E-state index contributed by atoms with van der Waals surface area (Å²) in [6.07, 6.45) is 4.16. The maximum absolute atomic E-state index is 13.8. The molecule has 0 aliphatic carbocycles. The Morgan fingerprint density at radius 1 is 0.785 bits per heavy atom. The molecule has 0 bridgehead atoms. The fraction of sp³-hybridized carbons (Fsp3) is 0.264. The summed E-state index contributed by atoms with van der Waals surface area (Å²) >= 11 is 1.37. The molecule has 0 spiro atoms. The number of aliphatic hydroxyl groups is 2. The topological polar surface area (TPSA) is 152 Å². The molecular formula is C53H55N3O7S2. The second-order valence-electron chi connectivity index (χ2n) is 16.7. The lowest BCUT2D eigenvalue weighted by atomic mass is 9.85. The molecule has 0 unspecified atom stereocenters. The van der Waals surface area contributed by atoms with E-state index in [0.29, 0.717) is 45.4 Å². The second kappa shape index (κ2) is 21.8. The number of rotatable bonds is 17. The average Bonchev–Trinajstić information content (AvgIpc) is 3.84. The van der Waals surface area contributed by atoms with Crippen LogP contribution in [0.2, 0.25) is 0 Å². The highest BCUT2D eigenvalue weighted by Crippen LogP contribution is 2.36. The van der Waals surface area contributed by atoms with Gasteiger partial charge in [0, 0.05) is 29.4 Å². The van der Waals surface area contributed by atoms with E-state index >= 15 is 0 Å². The van der Waals surface area contributed by atoms with Crippen LogP contribution < -0.4 is 10.9 Å². The summed E-state index contributed by atoms with van der Waals surface area (Å²) in [6.45, 7) is 3.38. The molecule has 336 valence electrons. The number of aromatic amines is 1. The third kappa shape index (κ3) is 11.4. The highest BCUT2D eigenvalue weighted by Gasteiger charge is 2.42. The average molecular weight is 910 g/mol. The number of aryl methyl sites for hydroxylation is 1. The first-order valence-corrected chi connectivity index (χ1v) is 22.8. The molecule has 1 aliphatic rings. The van der Waals surface area contributed by atoms with Gasteiger partial charge in [-0.2, -0.15) is 13.5 Å². The number of hydrogen-bond donors (Lipinski definition) is 5. The summed E-state index contributed by atoms with van der Waals surface area (Å²) in [5.74, 6) is -0.680. The van der Waals surface area contributed by atoms with Crippen LogP contribution in [0.25, 0.3) is 21.3 Å². The molecule has 0 radical (unpaired) electrons. The van der Waals surface area contributed by atoms with Gasteiger partial charge in [-0.1, -0.05) is 122 Å².